The summed E-state index contributed by atoms with van der Waals surface area (Å²) in [4.78, 5) is 3.33. The minimum atomic E-state index is -1.24. The molecule has 0 aliphatic heterocycles. The highest BCUT2D eigenvalue weighted by molar-refractivity contribution is 6.36. The topological polar surface area (TPSA) is 54.5 Å². The van der Waals surface area contributed by atoms with E-state index in [1.807, 2.05) is 36.4 Å². The summed E-state index contributed by atoms with van der Waals surface area (Å²) in [6.07, 6.45) is 1.92. The van der Waals surface area contributed by atoms with Gasteiger partial charge in [0.2, 0.25) is 0 Å². The maximum absolute atomic E-state index is 9.81. The summed E-state index contributed by atoms with van der Waals surface area (Å²) in [7, 11) is -1.24. The van der Waals surface area contributed by atoms with Gasteiger partial charge >= 0.3 is 7.32 Å². The normalized spacial score (nSPS) is 11.1. The molecule has 0 radical (unpaired) electrons. The lowest BCUT2D eigenvalue weighted by atomic mass is 10.1. The van der Waals surface area contributed by atoms with Crippen molar-refractivity contribution < 1.29 is 14.3 Å². The molecule has 0 saturated carbocycles. The number of hydrogen-bond donors (Lipinski definition) is 2. The minimum absolute atomic E-state index is 0.486. The summed E-state index contributed by atoms with van der Waals surface area (Å²) in [6.45, 7) is 2.56. The van der Waals surface area contributed by atoms with Gasteiger partial charge in [-0.1, -0.05) is 43.7 Å². The van der Waals surface area contributed by atoms with E-state index in [1.54, 1.807) is 0 Å². The molecule has 0 aliphatic rings. The zero-order valence-corrected chi connectivity index (χ0v) is 12.0. The van der Waals surface area contributed by atoms with Crippen molar-refractivity contribution >= 4 is 29.1 Å². The monoisotopic (exact) mass is 283 g/mol. The zero-order valence-electron chi connectivity index (χ0n) is 12.0. The average Bonchev–Trinajstić information content (AvgIpc) is 2.87. The number of aromatic amines is 1. The van der Waals surface area contributed by atoms with Gasteiger partial charge in [0.1, 0.15) is 5.75 Å². The molecule has 21 heavy (non-hydrogen) atoms. The van der Waals surface area contributed by atoms with Gasteiger partial charge in [0, 0.05) is 22.9 Å². The number of nitrogens with one attached hydrogen (secondary N) is 1. The first-order valence-electron chi connectivity index (χ1n) is 7.25. The van der Waals surface area contributed by atoms with E-state index in [0.717, 1.165) is 34.6 Å². The molecular weight excluding hydrogens is 265 g/mol. The summed E-state index contributed by atoms with van der Waals surface area (Å²) in [5.41, 5.74) is 1.92. The van der Waals surface area contributed by atoms with E-state index in [2.05, 4.69) is 18.0 Å². The third-order valence-corrected chi connectivity index (χ3v) is 3.49. The number of para-hydroxylation sites is 2. The number of rotatable bonds is 6. The van der Waals surface area contributed by atoms with Crippen LogP contribution in [0.4, 0.5) is 0 Å². The van der Waals surface area contributed by atoms with Crippen LogP contribution in [0.5, 0.6) is 5.75 Å². The summed E-state index contributed by atoms with van der Waals surface area (Å²) >= 11 is 0. The van der Waals surface area contributed by atoms with Crippen molar-refractivity contribution in [3.8, 4) is 5.75 Å². The van der Waals surface area contributed by atoms with E-state index in [1.165, 1.54) is 0 Å². The number of H-pyrrole nitrogens is 1. The Morgan fingerprint density at radius 1 is 1.10 bits per heavy atom. The maximum Gasteiger partial charge on any atom is 0.710 e. The fraction of sp³-hybridized carbons (Fsp3) is 0.250. The van der Waals surface area contributed by atoms with Crippen molar-refractivity contribution in [1.82, 2.24) is 4.98 Å². The Labute approximate surface area is 123 Å². The number of unbranched alkanes of at least 4 members (excludes halogenated alkanes) is 1. The van der Waals surface area contributed by atoms with Gasteiger partial charge in [-0.05, 0) is 18.6 Å². The van der Waals surface area contributed by atoms with E-state index >= 15 is 0 Å². The van der Waals surface area contributed by atoms with Crippen molar-refractivity contribution in [2.75, 3.05) is 6.61 Å². The minimum Gasteiger partial charge on any atom is -0.510 e. The molecule has 3 aromatic rings. The molecule has 1 aromatic heterocycles. The molecule has 0 unspecified atom stereocenters. The second-order valence-corrected chi connectivity index (χ2v) is 5.00. The molecule has 0 saturated heterocycles. The maximum atomic E-state index is 9.81. The summed E-state index contributed by atoms with van der Waals surface area (Å²) in [6, 6.07) is 13.8. The fourth-order valence-corrected chi connectivity index (χ4v) is 2.42. The lowest BCUT2D eigenvalue weighted by molar-refractivity contribution is 0.191. The number of benzene rings is 2. The standard InChI is InChI=1S/C16H18BNO3/c1-2-3-11-20-17(19)21-15-10-6-8-13-12-7-4-5-9-14(12)18-16(13)15/h4-10,18-19H,2-3,11H2,1H3. The van der Waals surface area contributed by atoms with Crippen molar-refractivity contribution in [3.63, 3.8) is 0 Å². The van der Waals surface area contributed by atoms with Gasteiger partial charge in [-0.2, -0.15) is 0 Å². The molecule has 2 aromatic carbocycles. The quantitative estimate of drug-likeness (QED) is 0.538. The molecule has 0 bridgehead atoms. The van der Waals surface area contributed by atoms with Crippen LogP contribution in [-0.4, -0.2) is 23.9 Å². The fourth-order valence-electron chi connectivity index (χ4n) is 2.42. The lowest BCUT2D eigenvalue weighted by Gasteiger charge is -2.10. The van der Waals surface area contributed by atoms with Gasteiger partial charge in [0.25, 0.3) is 0 Å². The molecule has 1 heterocycles. The van der Waals surface area contributed by atoms with Gasteiger partial charge < -0.3 is 19.3 Å². The Kier molecular flexibility index (Phi) is 4.13. The first-order valence-corrected chi connectivity index (χ1v) is 7.25. The van der Waals surface area contributed by atoms with E-state index in [4.69, 9.17) is 9.31 Å². The first-order chi connectivity index (χ1) is 10.3. The Morgan fingerprint density at radius 2 is 1.90 bits per heavy atom. The third kappa shape index (κ3) is 2.89. The molecule has 5 heteroatoms. The van der Waals surface area contributed by atoms with Gasteiger partial charge in [-0.25, -0.2) is 0 Å². The Hall–Kier alpha value is -1.98. The van der Waals surface area contributed by atoms with Crippen molar-refractivity contribution in [2.24, 2.45) is 0 Å². The van der Waals surface area contributed by atoms with Crippen LogP contribution < -0.4 is 4.65 Å². The predicted octanol–water partition coefficient (Wildman–Crippen LogP) is 3.49. The SMILES string of the molecule is CCCCOB(O)Oc1cccc2c1[nH]c1ccccc12. The van der Waals surface area contributed by atoms with Crippen LogP contribution in [0, 0.1) is 0 Å². The molecule has 4 nitrogen and oxygen atoms in total. The van der Waals surface area contributed by atoms with Crippen LogP contribution in [0.1, 0.15) is 19.8 Å². The van der Waals surface area contributed by atoms with Crippen molar-refractivity contribution in [3.05, 3.63) is 42.5 Å². The summed E-state index contributed by atoms with van der Waals surface area (Å²) in [5, 5.41) is 12.0. The molecule has 2 N–H and O–H groups in total. The second-order valence-electron chi connectivity index (χ2n) is 5.00. The molecule has 0 atom stereocenters. The van der Waals surface area contributed by atoms with E-state index < -0.39 is 7.32 Å². The summed E-state index contributed by atoms with van der Waals surface area (Å²) < 4.78 is 10.7. The number of aromatic nitrogens is 1. The molecule has 0 aliphatic carbocycles. The lowest BCUT2D eigenvalue weighted by Crippen LogP contribution is -2.26. The summed E-state index contributed by atoms with van der Waals surface area (Å²) in [5.74, 6) is 0.590. The third-order valence-electron chi connectivity index (χ3n) is 3.49. The average molecular weight is 283 g/mol. The second kappa shape index (κ2) is 6.20. The van der Waals surface area contributed by atoms with Crippen LogP contribution in [0.25, 0.3) is 21.8 Å². The van der Waals surface area contributed by atoms with E-state index in [9.17, 15) is 5.02 Å². The van der Waals surface area contributed by atoms with Gasteiger partial charge in [-0.15, -0.1) is 0 Å². The van der Waals surface area contributed by atoms with Gasteiger partial charge in [0.05, 0.1) is 5.52 Å². The van der Waals surface area contributed by atoms with Crippen LogP contribution in [0.3, 0.4) is 0 Å². The van der Waals surface area contributed by atoms with Crippen LogP contribution in [0.2, 0.25) is 0 Å². The van der Waals surface area contributed by atoms with Crippen molar-refractivity contribution in [2.45, 2.75) is 19.8 Å². The smallest absolute Gasteiger partial charge is 0.510 e. The Balaban J connectivity index is 1.88. The Morgan fingerprint density at radius 3 is 2.76 bits per heavy atom. The highest BCUT2D eigenvalue weighted by Gasteiger charge is 2.20. The van der Waals surface area contributed by atoms with Gasteiger partial charge in [0.15, 0.2) is 0 Å². The molecule has 108 valence electrons. The van der Waals surface area contributed by atoms with Crippen molar-refractivity contribution in [1.29, 1.82) is 0 Å². The molecule has 0 spiro atoms. The molecule has 0 amide bonds. The largest absolute Gasteiger partial charge is 0.710 e. The van der Waals surface area contributed by atoms with Crippen LogP contribution >= 0.6 is 0 Å². The van der Waals surface area contributed by atoms with E-state index in [-0.39, 0.29) is 0 Å². The molecular formula is C16H18BNO3. The molecule has 3 rings (SSSR count). The highest BCUT2D eigenvalue weighted by atomic mass is 16.7. The van der Waals surface area contributed by atoms with Crippen LogP contribution in [-0.2, 0) is 4.65 Å². The number of hydrogen-bond acceptors (Lipinski definition) is 3. The highest BCUT2D eigenvalue weighted by Crippen LogP contribution is 2.31. The predicted molar refractivity (Wildman–Crippen MR) is 85.3 cm³/mol. The number of fused-ring (bicyclic) bond motifs is 3. The zero-order chi connectivity index (χ0) is 14.7. The van der Waals surface area contributed by atoms with E-state index in [0.29, 0.717) is 12.4 Å². The first kappa shape index (κ1) is 14.0. The molecule has 0 fully saturated rings. The Bertz CT molecular complexity index is 741. The van der Waals surface area contributed by atoms with Gasteiger partial charge in [-0.3, -0.25) is 0 Å². The van der Waals surface area contributed by atoms with Crippen LogP contribution in [0.15, 0.2) is 42.5 Å².